The quantitative estimate of drug-likeness (QED) is 0.698. The Morgan fingerprint density at radius 3 is 2.66 bits per heavy atom. The van der Waals surface area contributed by atoms with Crippen LogP contribution in [0.2, 0.25) is 0 Å². The van der Waals surface area contributed by atoms with Gasteiger partial charge in [-0.1, -0.05) is 48.5 Å². The number of carbonyl (C=O) groups is 1. The van der Waals surface area contributed by atoms with Crippen molar-refractivity contribution in [1.82, 2.24) is 10.2 Å². The Morgan fingerprint density at radius 1 is 1.07 bits per heavy atom. The molecule has 1 saturated heterocycles. The third kappa shape index (κ3) is 4.42. The van der Waals surface area contributed by atoms with E-state index in [2.05, 4.69) is 52.7 Å². The lowest BCUT2D eigenvalue weighted by atomic mass is 9.97. The van der Waals surface area contributed by atoms with Crippen molar-refractivity contribution in [3.63, 3.8) is 0 Å². The number of carbonyl (C=O) groups excluding carboxylic acids is 1. The minimum Gasteiger partial charge on any atom is -0.497 e. The third-order valence-electron chi connectivity index (χ3n) is 5.46. The second kappa shape index (κ2) is 9.07. The molecule has 0 spiro atoms. The van der Waals surface area contributed by atoms with Crippen molar-refractivity contribution in [2.24, 2.45) is 0 Å². The summed E-state index contributed by atoms with van der Waals surface area (Å²) in [5.41, 5.74) is 1.83. The van der Waals surface area contributed by atoms with Gasteiger partial charge in [0.25, 0.3) is 5.91 Å². The Labute approximate surface area is 171 Å². The van der Waals surface area contributed by atoms with Crippen LogP contribution in [0.25, 0.3) is 10.8 Å². The van der Waals surface area contributed by atoms with Crippen LogP contribution in [-0.4, -0.2) is 50.8 Å². The molecule has 1 amide bonds. The molecule has 0 aliphatic carbocycles. The van der Waals surface area contributed by atoms with Crippen LogP contribution in [0.4, 0.5) is 0 Å². The molecule has 0 radical (unpaired) electrons. The molecule has 0 bridgehead atoms. The molecule has 1 aliphatic rings. The lowest BCUT2D eigenvalue weighted by molar-refractivity contribution is 0.0165. The fourth-order valence-electron chi connectivity index (χ4n) is 3.92. The average molecular weight is 390 g/mol. The molecule has 4 rings (SSSR count). The SMILES string of the molecule is COc1cccc(C(=O)NC[C@@H](c2cccc3ccccc23)N2CCOCC2)c1. The topological polar surface area (TPSA) is 50.8 Å². The van der Waals surface area contributed by atoms with Crippen molar-refractivity contribution in [3.05, 3.63) is 77.9 Å². The second-order valence-corrected chi connectivity index (χ2v) is 7.17. The van der Waals surface area contributed by atoms with E-state index in [1.807, 2.05) is 12.1 Å². The maximum absolute atomic E-state index is 12.8. The molecule has 0 aromatic heterocycles. The molecule has 29 heavy (non-hydrogen) atoms. The average Bonchev–Trinajstić information content (AvgIpc) is 2.80. The minimum atomic E-state index is -0.0950. The van der Waals surface area contributed by atoms with Gasteiger partial charge in [-0.2, -0.15) is 0 Å². The van der Waals surface area contributed by atoms with Crippen LogP contribution in [0, 0.1) is 0 Å². The smallest absolute Gasteiger partial charge is 0.251 e. The summed E-state index contributed by atoms with van der Waals surface area (Å²) in [6.45, 7) is 3.66. The van der Waals surface area contributed by atoms with E-state index < -0.39 is 0 Å². The Balaban J connectivity index is 1.60. The molecule has 5 nitrogen and oxygen atoms in total. The summed E-state index contributed by atoms with van der Waals surface area (Å²) in [6.07, 6.45) is 0. The highest BCUT2D eigenvalue weighted by Gasteiger charge is 2.24. The second-order valence-electron chi connectivity index (χ2n) is 7.17. The Morgan fingerprint density at radius 2 is 1.83 bits per heavy atom. The zero-order valence-corrected chi connectivity index (χ0v) is 16.6. The van der Waals surface area contributed by atoms with Crippen molar-refractivity contribution in [2.45, 2.75) is 6.04 Å². The van der Waals surface area contributed by atoms with E-state index in [0.717, 1.165) is 13.1 Å². The van der Waals surface area contributed by atoms with Gasteiger partial charge in [0.1, 0.15) is 5.75 Å². The summed E-state index contributed by atoms with van der Waals surface area (Å²) in [4.78, 5) is 15.2. The molecule has 1 fully saturated rings. The molecule has 1 atom stereocenters. The molecule has 0 unspecified atom stereocenters. The van der Waals surface area contributed by atoms with Crippen molar-refractivity contribution >= 4 is 16.7 Å². The van der Waals surface area contributed by atoms with E-state index in [-0.39, 0.29) is 11.9 Å². The van der Waals surface area contributed by atoms with Crippen LogP contribution >= 0.6 is 0 Å². The van der Waals surface area contributed by atoms with Crippen molar-refractivity contribution in [1.29, 1.82) is 0 Å². The number of rotatable bonds is 6. The predicted octanol–water partition coefficient (Wildman–Crippen LogP) is 3.65. The van der Waals surface area contributed by atoms with Crippen LogP contribution in [0.5, 0.6) is 5.75 Å². The Hall–Kier alpha value is -2.89. The maximum atomic E-state index is 12.8. The summed E-state index contributed by atoms with van der Waals surface area (Å²) in [6, 6.07) is 22.1. The first kappa shape index (κ1) is 19.4. The number of ether oxygens (including phenoxy) is 2. The molecule has 1 aliphatic heterocycles. The number of nitrogens with zero attached hydrogens (tertiary/aromatic N) is 1. The third-order valence-corrected chi connectivity index (χ3v) is 5.46. The van der Waals surface area contributed by atoms with E-state index >= 15 is 0 Å². The lowest BCUT2D eigenvalue weighted by Gasteiger charge is -2.35. The fraction of sp³-hybridized carbons (Fsp3) is 0.292. The van der Waals surface area contributed by atoms with Crippen LogP contribution in [-0.2, 0) is 4.74 Å². The number of benzene rings is 3. The van der Waals surface area contributed by atoms with Crippen LogP contribution in [0.15, 0.2) is 66.7 Å². The molecule has 1 heterocycles. The minimum absolute atomic E-state index is 0.0829. The van der Waals surface area contributed by atoms with Gasteiger partial charge in [-0.25, -0.2) is 0 Å². The summed E-state index contributed by atoms with van der Waals surface area (Å²) < 4.78 is 10.8. The first-order chi connectivity index (χ1) is 14.3. The van der Waals surface area contributed by atoms with Gasteiger partial charge >= 0.3 is 0 Å². The van der Waals surface area contributed by atoms with E-state index in [4.69, 9.17) is 9.47 Å². The van der Waals surface area contributed by atoms with Crippen molar-refractivity contribution in [2.75, 3.05) is 40.0 Å². The largest absolute Gasteiger partial charge is 0.497 e. The molecular weight excluding hydrogens is 364 g/mol. The highest BCUT2D eigenvalue weighted by Crippen LogP contribution is 2.29. The maximum Gasteiger partial charge on any atom is 0.251 e. The number of hydrogen-bond acceptors (Lipinski definition) is 4. The molecular formula is C24H26N2O3. The van der Waals surface area contributed by atoms with E-state index in [1.54, 1.807) is 19.2 Å². The van der Waals surface area contributed by atoms with Gasteiger partial charge in [0.2, 0.25) is 0 Å². The standard InChI is InChI=1S/C24H26N2O3/c1-28-20-9-4-8-19(16-20)24(27)25-17-23(26-12-14-29-15-13-26)22-11-5-7-18-6-2-3-10-21(18)22/h2-11,16,23H,12-15,17H2,1H3,(H,25,27)/t23-/m0/s1. The van der Waals surface area contributed by atoms with Gasteiger partial charge in [0.15, 0.2) is 0 Å². The number of morpholine rings is 1. The number of amides is 1. The summed E-state index contributed by atoms with van der Waals surface area (Å²) in [5.74, 6) is 0.582. The van der Waals surface area contributed by atoms with E-state index in [0.29, 0.717) is 31.1 Å². The molecule has 3 aromatic rings. The lowest BCUT2D eigenvalue weighted by Crippen LogP contribution is -2.43. The molecule has 0 saturated carbocycles. The predicted molar refractivity (Wildman–Crippen MR) is 114 cm³/mol. The van der Waals surface area contributed by atoms with Crippen LogP contribution < -0.4 is 10.1 Å². The highest BCUT2D eigenvalue weighted by atomic mass is 16.5. The van der Waals surface area contributed by atoms with Gasteiger partial charge in [-0.15, -0.1) is 0 Å². The van der Waals surface area contributed by atoms with Gasteiger partial charge in [0, 0.05) is 25.2 Å². The van der Waals surface area contributed by atoms with Gasteiger partial charge in [0.05, 0.1) is 26.4 Å². The van der Waals surface area contributed by atoms with E-state index in [1.165, 1.54) is 16.3 Å². The van der Waals surface area contributed by atoms with Crippen LogP contribution in [0.1, 0.15) is 22.0 Å². The summed E-state index contributed by atoms with van der Waals surface area (Å²) in [7, 11) is 1.60. The first-order valence-electron chi connectivity index (χ1n) is 9.98. The fourth-order valence-corrected chi connectivity index (χ4v) is 3.92. The number of methoxy groups -OCH3 is 1. The number of nitrogens with one attached hydrogen (secondary N) is 1. The zero-order chi connectivity index (χ0) is 20.1. The first-order valence-corrected chi connectivity index (χ1v) is 9.98. The molecule has 3 aromatic carbocycles. The summed E-state index contributed by atoms with van der Waals surface area (Å²) >= 11 is 0. The number of fused-ring (bicyclic) bond motifs is 1. The van der Waals surface area contributed by atoms with Crippen LogP contribution in [0.3, 0.4) is 0 Å². The number of hydrogen-bond donors (Lipinski definition) is 1. The van der Waals surface area contributed by atoms with Crippen molar-refractivity contribution < 1.29 is 14.3 Å². The molecule has 150 valence electrons. The van der Waals surface area contributed by atoms with Gasteiger partial charge < -0.3 is 14.8 Å². The molecule has 1 N–H and O–H groups in total. The van der Waals surface area contributed by atoms with Crippen molar-refractivity contribution in [3.8, 4) is 5.75 Å². The monoisotopic (exact) mass is 390 g/mol. The van der Waals surface area contributed by atoms with E-state index in [9.17, 15) is 4.79 Å². The van der Waals surface area contributed by atoms with Gasteiger partial charge in [-0.3, -0.25) is 9.69 Å². The molecule has 5 heteroatoms. The summed E-state index contributed by atoms with van der Waals surface area (Å²) in [5, 5.41) is 5.57. The zero-order valence-electron chi connectivity index (χ0n) is 16.6. The highest BCUT2D eigenvalue weighted by molar-refractivity contribution is 5.94. The Kier molecular flexibility index (Phi) is 6.08. The van der Waals surface area contributed by atoms with Gasteiger partial charge in [-0.05, 0) is 34.5 Å². The normalized spacial score (nSPS) is 15.8. The Bertz CT molecular complexity index is 977.